The molecule has 1 aliphatic rings. The summed E-state index contributed by atoms with van der Waals surface area (Å²) in [6.45, 7) is 7.47. The number of nitrogens with zero attached hydrogens (tertiary/aromatic N) is 5. The molecule has 1 fully saturated rings. The first kappa shape index (κ1) is 16.5. The minimum Gasteiger partial charge on any atom is -0.336 e. The van der Waals surface area contributed by atoms with Gasteiger partial charge in [0.15, 0.2) is 5.82 Å². The Hall–Kier alpha value is -2.31. The zero-order valence-corrected chi connectivity index (χ0v) is 14.2. The summed E-state index contributed by atoms with van der Waals surface area (Å²) in [7, 11) is 0. The zero-order chi connectivity index (χ0) is 17.3. The number of hydrogen-bond donors (Lipinski definition) is 0. The van der Waals surface area contributed by atoms with Crippen molar-refractivity contribution < 1.29 is 4.39 Å². The molecule has 0 bridgehead atoms. The molecule has 24 heavy (non-hydrogen) atoms. The summed E-state index contributed by atoms with van der Waals surface area (Å²) in [6, 6.07) is 3.44. The van der Waals surface area contributed by atoms with Crippen molar-refractivity contribution in [1.29, 1.82) is 0 Å². The molecule has 1 unspecified atom stereocenters. The van der Waals surface area contributed by atoms with E-state index in [2.05, 4.69) is 35.8 Å². The van der Waals surface area contributed by atoms with E-state index in [1.54, 1.807) is 12.1 Å². The van der Waals surface area contributed by atoms with Crippen molar-refractivity contribution in [3.63, 3.8) is 0 Å². The van der Waals surface area contributed by atoms with Gasteiger partial charge in [0.25, 0.3) is 5.56 Å². The van der Waals surface area contributed by atoms with Gasteiger partial charge in [-0.15, -0.1) is 0 Å². The van der Waals surface area contributed by atoms with Crippen LogP contribution in [0.5, 0.6) is 0 Å². The molecule has 7 heteroatoms. The number of anilines is 1. The van der Waals surface area contributed by atoms with Crippen molar-refractivity contribution >= 4 is 5.95 Å². The predicted molar refractivity (Wildman–Crippen MR) is 89.6 cm³/mol. The quantitative estimate of drug-likeness (QED) is 0.862. The van der Waals surface area contributed by atoms with E-state index in [-0.39, 0.29) is 17.0 Å². The minimum atomic E-state index is -0.453. The van der Waals surface area contributed by atoms with Gasteiger partial charge in [-0.05, 0) is 18.9 Å². The summed E-state index contributed by atoms with van der Waals surface area (Å²) in [5.74, 6) is 0.0455. The molecule has 0 N–H and O–H groups in total. The second-order valence-electron chi connectivity index (χ2n) is 7.18. The molecular weight excluding hydrogens is 309 g/mol. The smallest absolute Gasteiger partial charge is 0.266 e. The first-order valence-electron chi connectivity index (χ1n) is 8.17. The van der Waals surface area contributed by atoms with Gasteiger partial charge < -0.3 is 4.90 Å². The molecule has 2 aromatic rings. The Bertz CT molecular complexity index is 766. The fourth-order valence-corrected chi connectivity index (χ4v) is 2.92. The van der Waals surface area contributed by atoms with Gasteiger partial charge in [-0.1, -0.05) is 20.8 Å². The van der Waals surface area contributed by atoms with Gasteiger partial charge in [-0.25, -0.2) is 19.0 Å². The zero-order valence-electron chi connectivity index (χ0n) is 14.2. The molecular formula is C17H22FN5O. The summed E-state index contributed by atoms with van der Waals surface area (Å²) < 4.78 is 14.5. The molecule has 6 nitrogen and oxygen atoms in total. The fraction of sp³-hybridized carbons (Fsp3) is 0.529. The molecule has 2 aromatic heterocycles. The number of rotatable bonds is 3. The molecule has 0 radical (unpaired) electrons. The van der Waals surface area contributed by atoms with Gasteiger partial charge in [-0.3, -0.25) is 4.79 Å². The summed E-state index contributed by atoms with van der Waals surface area (Å²) in [5.41, 5.74) is 0.643. The van der Waals surface area contributed by atoms with Gasteiger partial charge >= 0.3 is 0 Å². The van der Waals surface area contributed by atoms with Crippen LogP contribution in [0.3, 0.4) is 0 Å². The lowest BCUT2D eigenvalue weighted by molar-refractivity contribution is 0.455. The summed E-state index contributed by atoms with van der Waals surface area (Å²) in [4.78, 5) is 22.3. The van der Waals surface area contributed by atoms with Crippen LogP contribution in [-0.4, -0.2) is 32.3 Å². The highest BCUT2D eigenvalue weighted by atomic mass is 19.1. The van der Waals surface area contributed by atoms with Crippen molar-refractivity contribution in [1.82, 2.24) is 19.7 Å². The van der Waals surface area contributed by atoms with E-state index < -0.39 is 5.82 Å². The van der Waals surface area contributed by atoms with Crippen molar-refractivity contribution in [3.8, 4) is 0 Å². The summed E-state index contributed by atoms with van der Waals surface area (Å²) >= 11 is 0. The Labute approximate surface area is 140 Å². The van der Waals surface area contributed by atoms with Crippen LogP contribution < -0.4 is 10.5 Å². The lowest BCUT2D eigenvalue weighted by Crippen LogP contribution is -2.38. The maximum atomic E-state index is 13.0. The van der Waals surface area contributed by atoms with Crippen LogP contribution in [0.15, 0.2) is 29.3 Å². The van der Waals surface area contributed by atoms with Crippen LogP contribution in [0.25, 0.3) is 0 Å². The molecule has 0 amide bonds. The molecule has 3 rings (SSSR count). The van der Waals surface area contributed by atoms with Crippen LogP contribution in [0.4, 0.5) is 10.3 Å². The van der Waals surface area contributed by atoms with E-state index in [0.29, 0.717) is 12.5 Å². The molecule has 1 atom stereocenters. The van der Waals surface area contributed by atoms with Crippen molar-refractivity contribution in [2.45, 2.75) is 51.6 Å². The molecule has 1 aliphatic heterocycles. The molecule has 1 saturated heterocycles. The van der Waals surface area contributed by atoms with Crippen LogP contribution in [0, 0.1) is 5.82 Å². The highest BCUT2D eigenvalue weighted by molar-refractivity contribution is 5.32. The highest BCUT2D eigenvalue weighted by Gasteiger charge is 2.28. The molecule has 0 spiro atoms. The van der Waals surface area contributed by atoms with Gasteiger partial charge in [0, 0.05) is 18.0 Å². The van der Waals surface area contributed by atoms with Crippen molar-refractivity contribution in [2.75, 3.05) is 11.4 Å². The Balaban J connectivity index is 1.85. The van der Waals surface area contributed by atoms with E-state index in [1.165, 1.54) is 17.1 Å². The monoisotopic (exact) mass is 331 g/mol. The predicted octanol–water partition coefficient (Wildman–Crippen LogP) is 2.14. The molecule has 128 valence electrons. The van der Waals surface area contributed by atoms with Crippen molar-refractivity contribution in [3.05, 3.63) is 46.4 Å². The average Bonchev–Trinajstić information content (AvgIpc) is 2.97. The second kappa shape index (κ2) is 6.30. The summed E-state index contributed by atoms with van der Waals surface area (Å²) in [6.07, 6.45) is 4.25. The normalized spacial score (nSPS) is 18.2. The molecule has 0 saturated carbocycles. The molecule has 0 aliphatic carbocycles. The number of aromatic nitrogens is 4. The Morgan fingerprint density at radius 2 is 1.96 bits per heavy atom. The maximum absolute atomic E-state index is 13.0. The third-order valence-electron chi connectivity index (χ3n) is 4.26. The van der Waals surface area contributed by atoms with Crippen LogP contribution >= 0.6 is 0 Å². The van der Waals surface area contributed by atoms with Crippen LogP contribution in [0.2, 0.25) is 0 Å². The van der Waals surface area contributed by atoms with Gasteiger partial charge in [0.05, 0.1) is 30.7 Å². The lowest BCUT2D eigenvalue weighted by Gasteiger charge is -2.25. The fourth-order valence-electron chi connectivity index (χ4n) is 2.92. The second-order valence-corrected chi connectivity index (χ2v) is 7.18. The average molecular weight is 331 g/mol. The summed E-state index contributed by atoms with van der Waals surface area (Å²) in [5, 5.41) is 4.53. The van der Waals surface area contributed by atoms with E-state index in [1.807, 2.05) is 4.90 Å². The van der Waals surface area contributed by atoms with Crippen LogP contribution in [0.1, 0.15) is 39.3 Å². The van der Waals surface area contributed by atoms with Gasteiger partial charge in [0.1, 0.15) is 0 Å². The first-order chi connectivity index (χ1) is 11.3. The molecule has 0 aromatic carbocycles. The number of halogens is 1. The first-order valence-corrected chi connectivity index (χ1v) is 8.17. The van der Waals surface area contributed by atoms with Gasteiger partial charge in [0.2, 0.25) is 5.95 Å². The van der Waals surface area contributed by atoms with E-state index in [0.717, 1.165) is 25.1 Å². The highest BCUT2D eigenvalue weighted by Crippen LogP contribution is 2.23. The Kier molecular flexibility index (Phi) is 4.34. The van der Waals surface area contributed by atoms with E-state index >= 15 is 0 Å². The van der Waals surface area contributed by atoms with Crippen LogP contribution in [-0.2, 0) is 12.0 Å². The SMILES string of the molecule is CC(C)(C)c1ccc(=O)n(CC2CCCN2c2ncc(F)cn2)n1. The third-order valence-corrected chi connectivity index (χ3v) is 4.26. The van der Waals surface area contributed by atoms with Crippen molar-refractivity contribution in [2.24, 2.45) is 0 Å². The lowest BCUT2D eigenvalue weighted by atomic mass is 9.92. The topological polar surface area (TPSA) is 63.9 Å². The Morgan fingerprint density at radius 3 is 2.62 bits per heavy atom. The van der Waals surface area contributed by atoms with E-state index in [9.17, 15) is 9.18 Å². The third kappa shape index (κ3) is 3.44. The standard InChI is InChI=1S/C17H22FN5O/c1-17(2,3)14-6-7-15(24)23(21-14)11-13-5-4-8-22(13)16-19-9-12(18)10-20-16/h6-7,9-10,13H,4-5,8,11H2,1-3H3. The maximum Gasteiger partial charge on any atom is 0.266 e. The molecule has 3 heterocycles. The Morgan fingerprint density at radius 1 is 1.25 bits per heavy atom. The van der Waals surface area contributed by atoms with Gasteiger partial charge in [-0.2, -0.15) is 5.10 Å². The minimum absolute atomic E-state index is 0.0795. The largest absolute Gasteiger partial charge is 0.336 e. The van der Waals surface area contributed by atoms with E-state index in [4.69, 9.17) is 0 Å². The number of hydrogen-bond acceptors (Lipinski definition) is 5.